The highest BCUT2D eigenvalue weighted by Gasteiger charge is 2.52. The molecular weight excluding hydrogens is 982 g/mol. The molecule has 2 heterocycles. The maximum Gasteiger partial charge on any atom is 0.501 e. The fourth-order valence-corrected chi connectivity index (χ4v) is 13.5. The van der Waals surface area contributed by atoms with Gasteiger partial charge in [-0.05, 0) is 123 Å². The van der Waals surface area contributed by atoms with Gasteiger partial charge in [-0.3, -0.25) is 9.69 Å². The lowest BCUT2D eigenvalue weighted by molar-refractivity contribution is -0.107. The number of aldehydes is 1. The van der Waals surface area contributed by atoms with Gasteiger partial charge in [0.2, 0.25) is 0 Å². The summed E-state index contributed by atoms with van der Waals surface area (Å²) in [6.45, 7) is 18.8. The number of nitrogens with one attached hydrogen (secondary N) is 2. The molecule has 396 valence electrons. The molecule has 2 N–H and O–H groups in total. The van der Waals surface area contributed by atoms with E-state index in [0.717, 1.165) is 127 Å². The molecule has 1 saturated carbocycles. The Hall–Kier alpha value is -3.94. The van der Waals surface area contributed by atoms with E-state index in [1.807, 2.05) is 35.1 Å². The SMILES string of the molecule is CCC1(C)CC1C1=C(CN2CCN(c3ccc(C(=O)NS(=O)(=O)c4ccc(NC(CCN5CCN(CCCCCCC=O)CC5)CSc5ccccc5)c(S(=O)(=O)C(F)(F)F)c4)cc3)CC2)CCC(C)(C)C1. The molecule has 0 spiro atoms. The number of unbranched alkanes of at least 4 members (excludes halogenated alkanes) is 4. The Morgan fingerprint density at radius 3 is 2.12 bits per heavy atom. The lowest BCUT2D eigenvalue weighted by Gasteiger charge is -2.39. The summed E-state index contributed by atoms with van der Waals surface area (Å²) in [6.07, 6.45) is 12.1. The minimum atomic E-state index is -6.07. The number of rotatable bonds is 24. The number of piperazine rings is 2. The number of thioether (sulfide) groups is 1. The number of carbonyl (C=O) groups is 2. The van der Waals surface area contributed by atoms with Gasteiger partial charge in [0.15, 0.2) is 0 Å². The number of allylic oxidation sites excluding steroid dienone is 1. The molecule has 12 nitrogen and oxygen atoms in total. The minimum absolute atomic E-state index is 0.0174. The maximum atomic E-state index is 14.3. The van der Waals surface area contributed by atoms with Crippen LogP contribution in [-0.4, -0.2) is 133 Å². The Morgan fingerprint density at radius 1 is 0.833 bits per heavy atom. The number of nitrogens with zero attached hydrogens (tertiary/aromatic N) is 4. The van der Waals surface area contributed by atoms with Crippen LogP contribution in [0.3, 0.4) is 0 Å². The van der Waals surface area contributed by atoms with Gasteiger partial charge < -0.3 is 24.8 Å². The summed E-state index contributed by atoms with van der Waals surface area (Å²) in [5.41, 5.74) is -1.14. The summed E-state index contributed by atoms with van der Waals surface area (Å²) in [7, 11) is -10.9. The molecule has 3 aromatic rings. The lowest BCUT2D eigenvalue weighted by atomic mass is 9.72. The van der Waals surface area contributed by atoms with Crippen molar-refractivity contribution in [2.75, 3.05) is 88.0 Å². The largest absolute Gasteiger partial charge is 0.501 e. The molecule has 3 atom stereocenters. The number of alkyl halides is 3. The van der Waals surface area contributed by atoms with Crippen molar-refractivity contribution in [2.24, 2.45) is 16.7 Å². The normalized spacial score (nSPS) is 21.9. The van der Waals surface area contributed by atoms with Crippen LogP contribution in [0.15, 0.2) is 98.6 Å². The molecule has 0 aromatic heterocycles. The Morgan fingerprint density at radius 2 is 1.49 bits per heavy atom. The van der Waals surface area contributed by atoms with Crippen LogP contribution in [0.4, 0.5) is 24.5 Å². The van der Waals surface area contributed by atoms with Gasteiger partial charge in [0.25, 0.3) is 25.8 Å². The van der Waals surface area contributed by atoms with Crippen LogP contribution in [-0.2, 0) is 24.7 Å². The van der Waals surface area contributed by atoms with E-state index in [2.05, 4.69) is 52.6 Å². The predicted octanol–water partition coefficient (Wildman–Crippen LogP) is 9.89. The quantitative estimate of drug-likeness (QED) is 0.0382. The average molecular weight is 1060 g/mol. The number of anilines is 2. The van der Waals surface area contributed by atoms with Crippen molar-refractivity contribution in [1.82, 2.24) is 19.4 Å². The van der Waals surface area contributed by atoms with Crippen LogP contribution in [0.5, 0.6) is 0 Å². The summed E-state index contributed by atoms with van der Waals surface area (Å²) in [5.74, 6) is 0.0690. The Kier molecular flexibility index (Phi) is 18.7. The first-order valence-corrected chi connectivity index (χ1v) is 29.8. The second kappa shape index (κ2) is 24.2. The van der Waals surface area contributed by atoms with Crippen LogP contribution in [0, 0.1) is 16.7 Å². The molecule has 0 bridgehead atoms. The molecule has 7 rings (SSSR count). The van der Waals surface area contributed by atoms with E-state index in [4.69, 9.17) is 0 Å². The zero-order valence-corrected chi connectivity index (χ0v) is 45.0. The molecule has 3 unspecified atom stereocenters. The van der Waals surface area contributed by atoms with Crippen molar-refractivity contribution < 1.29 is 39.6 Å². The first-order chi connectivity index (χ1) is 34.2. The van der Waals surface area contributed by atoms with E-state index in [0.29, 0.717) is 48.0 Å². The zero-order chi connectivity index (χ0) is 51.7. The molecule has 2 aliphatic carbocycles. The number of hydrogen-bond acceptors (Lipinski definition) is 12. The molecule has 4 aliphatic rings. The number of hydrogen-bond donors (Lipinski definition) is 2. The van der Waals surface area contributed by atoms with E-state index in [9.17, 15) is 39.6 Å². The standard InChI is InChI=1S/C54H75F3N6O6S3/c1-5-53(4)38-48(53)47-37-52(2,3)24-22-42(47)39-62-31-33-63(34-32-62)44-18-16-41(17-19-44)51(65)59-72(68,69)46-20-21-49(50(36-46)71(66,67)54(55,56)57)58-43(40-70-45-14-10-9-11-15-45)23-26-61-29-27-60(28-30-61)25-12-7-6-8-13-35-64/h9-11,14-21,35-36,43,48,58H,5-8,12-13,22-34,37-40H2,1-4H3,(H,59,65). The highest BCUT2D eigenvalue weighted by molar-refractivity contribution is 7.99. The van der Waals surface area contributed by atoms with Crippen LogP contribution in [0.1, 0.15) is 109 Å². The molecule has 72 heavy (non-hydrogen) atoms. The van der Waals surface area contributed by atoms with Crippen LogP contribution < -0.4 is 14.9 Å². The van der Waals surface area contributed by atoms with Gasteiger partial charge in [-0.15, -0.1) is 11.8 Å². The van der Waals surface area contributed by atoms with Gasteiger partial charge in [0.1, 0.15) is 11.2 Å². The van der Waals surface area contributed by atoms with Gasteiger partial charge in [-0.25, -0.2) is 21.6 Å². The van der Waals surface area contributed by atoms with Crippen molar-refractivity contribution in [1.29, 1.82) is 0 Å². The third-order valence-corrected chi connectivity index (χ3v) is 19.6. The molecule has 3 fully saturated rings. The highest BCUT2D eigenvalue weighted by atomic mass is 32.2. The number of sulfonamides is 1. The Bertz CT molecular complexity index is 2570. The van der Waals surface area contributed by atoms with Crippen LogP contribution >= 0.6 is 11.8 Å². The number of halogens is 3. The smallest absolute Gasteiger partial charge is 0.380 e. The summed E-state index contributed by atoms with van der Waals surface area (Å²) >= 11 is 1.47. The number of amides is 1. The van der Waals surface area contributed by atoms with Gasteiger partial charge in [-0.1, -0.05) is 76.3 Å². The van der Waals surface area contributed by atoms with E-state index in [-0.39, 0.29) is 11.3 Å². The zero-order valence-electron chi connectivity index (χ0n) is 42.5. The lowest BCUT2D eigenvalue weighted by Crippen LogP contribution is -2.47. The van der Waals surface area contributed by atoms with Gasteiger partial charge in [-0.2, -0.15) is 13.2 Å². The molecule has 2 aliphatic heterocycles. The monoisotopic (exact) mass is 1060 g/mol. The van der Waals surface area contributed by atoms with Crippen molar-refractivity contribution in [3.63, 3.8) is 0 Å². The average Bonchev–Trinajstić information content (AvgIpc) is 4.05. The minimum Gasteiger partial charge on any atom is -0.380 e. The fraction of sp³-hybridized carbons (Fsp3) is 0.593. The Balaban J connectivity index is 0.983. The predicted molar refractivity (Wildman–Crippen MR) is 282 cm³/mol. The first kappa shape index (κ1) is 55.8. The van der Waals surface area contributed by atoms with E-state index in [1.165, 1.54) is 49.6 Å². The molecule has 0 radical (unpaired) electrons. The van der Waals surface area contributed by atoms with Gasteiger partial charge >= 0.3 is 5.51 Å². The number of benzene rings is 3. The maximum absolute atomic E-state index is 14.3. The number of sulfone groups is 1. The van der Waals surface area contributed by atoms with Crippen LogP contribution in [0.25, 0.3) is 0 Å². The van der Waals surface area contributed by atoms with Crippen molar-refractivity contribution in [3.05, 3.63) is 89.5 Å². The molecule has 18 heteroatoms. The molecule has 3 aromatic carbocycles. The third-order valence-electron chi connectivity index (χ3n) is 15.5. The summed E-state index contributed by atoms with van der Waals surface area (Å²) in [5, 5.41) is 3.06. The van der Waals surface area contributed by atoms with Crippen molar-refractivity contribution in [3.8, 4) is 0 Å². The number of carbonyl (C=O) groups excluding carboxylic acids is 2. The second-order valence-corrected chi connectivity index (χ2v) is 26.1. The van der Waals surface area contributed by atoms with Crippen molar-refractivity contribution >= 4 is 55.2 Å². The van der Waals surface area contributed by atoms with Crippen molar-refractivity contribution in [2.45, 2.75) is 125 Å². The van der Waals surface area contributed by atoms with E-state index in [1.54, 1.807) is 23.3 Å². The van der Waals surface area contributed by atoms with Crippen LogP contribution in [0.2, 0.25) is 0 Å². The fourth-order valence-electron chi connectivity index (χ4n) is 10.5. The molecule has 2 saturated heterocycles. The first-order valence-electron chi connectivity index (χ1n) is 25.8. The summed E-state index contributed by atoms with van der Waals surface area (Å²) in [4.78, 5) is 32.4. The summed E-state index contributed by atoms with van der Waals surface area (Å²) < 4.78 is 98.8. The second-order valence-electron chi connectivity index (χ2n) is 21.4. The highest BCUT2D eigenvalue weighted by Crippen LogP contribution is 2.62. The van der Waals surface area contributed by atoms with Gasteiger partial charge in [0.05, 0.1) is 10.6 Å². The van der Waals surface area contributed by atoms with E-state index >= 15 is 0 Å². The topological polar surface area (TPSA) is 139 Å². The Labute approximate surface area is 430 Å². The molecular formula is C54H75F3N6O6S3. The summed E-state index contributed by atoms with van der Waals surface area (Å²) in [6, 6.07) is 18.0. The molecule has 1 amide bonds. The third kappa shape index (κ3) is 14.7. The van der Waals surface area contributed by atoms with E-state index < -0.39 is 47.1 Å². The van der Waals surface area contributed by atoms with Gasteiger partial charge in [0, 0.05) is 99.8 Å².